The number of carbonyl (C=O) groups is 5. The van der Waals surface area contributed by atoms with Gasteiger partial charge in [-0.1, -0.05) is 0 Å². The van der Waals surface area contributed by atoms with Gasteiger partial charge >= 0.3 is 18.1 Å². The minimum Gasteiger partial charge on any atom is -0.475 e. The van der Waals surface area contributed by atoms with Crippen LogP contribution in [0.4, 0.5) is 24.5 Å². The Hall–Kier alpha value is -5.12. The zero-order valence-electron chi connectivity index (χ0n) is 24.6. The number of carbonyl (C=O) groups excluding carboxylic acids is 4. The number of hydrogen-bond donors (Lipinski definition) is 4. The van der Waals surface area contributed by atoms with Crippen molar-refractivity contribution in [3.05, 3.63) is 71.3 Å². The Morgan fingerprint density at radius 1 is 0.841 bits per heavy atom. The molecule has 0 radical (unpaired) electrons. The molecule has 1 aromatic carbocycles. The van der Waals surface area contributed by atoms with Crippen molar-refractivity contribution in [3.63, 3.8) is 0 Å². The molecule has 238 valence electrons. The van der Waals surface area contributed by atoms with E-state index in [1.807, 2.05) is 19.0 Å². The molecule has 0 bridgehead atoms. The molecular weight excluding hydrogens is 589 g/mol. The van der Waals surface area contributed by atoms with Crippen LogP contribution in [0.5, 0.6) is 0 Å². The second-order valence-electron chi connectivity index (χ2n) is 9.64. The highest BCUT2D eigenvalue weighted by Gasteiger charge is 2.38. The summed E-state index contributed by atoms with van der Waals surface area (Å²) in [5.74, 6) is -4.25. The van der Waals surface area contributed by atoms with Crippen molar-refractivity contribution in [2.75, 3.05) is 44.9 Å². The number of nitrogens with zero attached hydrogens (tertiary/aromatic N) is 3. The molecule has 0 saturated heterocycles. The molecule has 0 saturated carbocycles. The molecule has 3 amide bonds. The summed E-state index contributed by atoms with van der Waals surface area (Å²) in [6.07, 6.45) is -0.971. The Kier molecular flexibility index (Phi) is 12.3. The molecule has 2 heterocycles. The van der Waals surface area contributed by atoms with Gasteiger partial charge in [0.15, 0.2) is 0 Å². The first-order valence-corrected chi connectivity index (χ1v) is 12.9. The number of benzene rings is 1. The van der Waals surface area contributed by atoms with Crippen molar-refractivity contribution >= 4 is 41.0 Å². The van der Waals surface area contributed by atoms with Gasteiger partial charge in [0, 0.05) is 38.6 Å². The average molecular weight is 623 g/mol. The molecule has 4 N–H and O–H groups in total. The number of hydrogen-bond acceptors (Lipinski definition) is 7. The molecule has 0 spiro atoms. The summed E-state index contributed by atoms with van der Waals surface area (Å²) in [5, 5.41) is 15.5. The zero-order valence-corrected chi connectivity index (χ0v) is 24.6. The Morgan fingerprint density at radius 2 is 1.30 bits per heavy atom. The van der Waals surface area contributed by atoms with Crippen LogP contribution in [0.1, 0.15) is 48.1 Å². The molecule has 2 aromatic heterocycles. The SMILES string of the molecule is COC(=O)c1ccc(C(=O)Nc2cc(C(=O)Nc3cc(C(=O)NCCCN(C)C)n(C)c3)n(C)c2)cc1.O=C(O)C(F)(F)F. The lowest BCUT2D eigenvalue weighted by Gasteiger charge is -2.10. The molecule has 0 unspecified atom stereocenters. The largest absolute Gasteiger partial charge is 0.490 e. The lowest BCUT2D eigenvalue weighted by molar-refractivity contribution is -0.192. The summed E-state index contributed by atoms with van der Waals surface area (Å²) in [6.45, 7) is 1.42. The summed E-state index contributed by atoms with van der Waals surface area (Å²) < 4.78 is 39.6. The minimum atomic E-state index is -5.08. The molecule has 16 heteroatoms. The highest BCUT2D eigenvalue weighted by molar-refractivity contribution is 6.07. The Morgan fingerprint density at radius 3 is 1.75 bits per heavy atom. The van der Waals surface area contributed by atoms with E-state index in [0.717, 1.165) is 13.0 Å². The first-order chi connectivity index (χ1) is 20.5. The number of nitrogens with one attached hydrogen (secondary N) is 3. The maximum absolute atomic E-state index is 12.9. The maximum atomic E-state index is 12.9. The topological polar surface area (TPSA) is 164 Å². The lowest BCUT2D eigenvalue weighted by Crippen LogP contribution is -2.28. The number of amides is 3. The first kappa shape index (κ1) is 35.1. The third-order valence-electron chi connectivity index (χ3n) is 5.87. The zero-order chi connectivity index (χ0) is 33.2. The van der Waals surface area contributed by atoms with Crippen LogP contribution >= 0.6 is 0 Å². The van der Waals surface area contributed by atoms with Crippen LogP contribution in [-0.4, -0.2) is 89.3 Å². The third-order valence-corrected chi connectivity index (χ3v) is 5.87. The van der Waals surface area contributed by atoms with Crippen LogP contribution in [0.2, 0.25) is 0 Å². The van der Waals surface area contributed by atoms with Crippen LogP contribution in [0.3, 0.4) is 0 Å². The molecule has 13 nitrogen and oxygen atoms in total. The van der Waals surface area contributed by atoms with Gasteiger partial charge in [-0.3, -0.25) is 14.4 Å². The lowest BCUT2D eigenvalue weighted by atomic mass is 10.1. The Bertz CT molecular complexity index is 1490. The smallest absolute Gasteiger partial charge is 0.475 e. The van der Waals surface area contributed by atoms with E-state index in [2.05, 4.69) is 20.7 Å². The van der Waals surface area contributed by atoms with Gasteiger partial charge in [0.1, 0.15) is 11.4 Å². The number of alkyl halides is 3. The predicted octanol–water partition coefficient (Wildman–Crippen LogP) is 2.97. The van der Waals surface area contributed by atoms with Gasteiger partial charge in [-0.05, 0) is 63.5 Å². The van der Waals surface area contributed by atoms with Crippen molar-refractivity contribution in [2.24, 2.45) is 14.1 Å². The number of carboxylic acid groups (broad SMARTS) is 1. The van der Waals surface area contributed by atoms with Crippen LogP contribution in [0, 0.1) is 0 Å². The summed E-state index contributed by atoms with van der Waals surface area (Å²) in [4.78, 5) is 60.5. The van der Waals surface area contributed by atoms with Crippen molar-refractivity contribution in [1.82, 2.24) is 19.4 Å². The fraction of sp³-hybridized carbons (Fsp3) is 0.321. The number of esters is 1. The molecule has 44 heavy (non-hydrogen) atoms. The highest BCUT2D eigenvalue weighted by Crippen LogP contribution is 2.18. The first-order valence-electron chi connectivity index (χ1n) is 12.9. The third kappa shape index (κ3) is 10.3. The maximum Gasteiger partial charge on any atom is 0.490 e. The number of aryl methyl sites for hydroxylation is 2. The molecule has 0 aliphatic heterocycles. The molecule has 0 aliphatic rings. The molecule has 0 atom stereocenters. The molecule has 0 fully saturated rings. The van der Waals surface area contributed by atoms with Crippen LogP contribution in [0.25, 0.3) is 0 Å². The number of carboxylic acids is 1. The van der Waals surface area contributed by atoms with Gasteiger partial charge in [-0.25, -0.2) is 9.59 Å². The van der Waals surface area contributed by atoms with E-state index in [1.54, 1.807) is 47.8 Å². The number of ether oxygens (including phenoxy) is 1. The fourth-order valence-corrected chi connectivity index (χ4v) is 3.68. The number of aliphatic carboxylic acids is 1. The van der Waals surface area contributed by atoms with E-state index < -0.39 is 29.9 Å². The van der Waals surface area contributed by atoms with Crippen LogP contribution in [-0.2, 0) is 23.6 Å². The fourth-order valence-electron chi connectivity index (χ4n) is 3.68. The van der Waals surface area contributed by atoms with Crippen molar-refractivity contribution in [1.29, 1.82) is 0 Å². The van der Waals surface area contributed by atoms with Crippen LogP contribution in [0.15, 0.2) is 48.8 Å². The average Bonchev–Trinajstić information content (AvgIpc) is 3.51. The van der Waals surface area contributed by atoms with E-state index in [0.29, 0.717) is 40.4 Å². The molecule has 3 rings (SSSR count). The normalized spacial score (nSPS) is 10.8. The van der Waals surface area contributed by atoms with Crippen molar-refractivity contribution < 1.29 is 47.0 Å². The summed E-state index contributed by atoms with van der Waals surface area (Å²) in [7, 11) is 8.66. The van der Waals surface area contributed by atoms with E-state index in [9.17, 15) is 32.3 Å². The summed E-state index contributed by atoms with van der Waals surface area (Å²) in [5.41, 5.74) is 2.33. The van der Waals surface area contributed by atoms with Crippen molar-refractivity contribution in [2.45, 2.75) is 12.6 Å². The second-order valence-corrected chi connectivity index (χ2v) is 9.64. The Balaban J connectivity index is 0.000000860. The van der Waals surface area contributed by atoms with E-state index in [4.69, 9.17) is 9.90 Å². The minimum absolute atomic E-state index is 0.217. The second kappa shape index (κ2) is 15.4. The van der Waals surface area contributed by atoms with Gasteiger partial charge in [0.25, 0.3) is 17.7 Å². The van der Waals surface area contributed by atoms with E-state index in [1.165, 1.54) is 31.4 Å². The number of anilines is 2. The van der Waals surface area contributed by atoms with E-state index in [-0.39, 0.29) is 5.91 Å². The molecular formula is C28H33F3N6O7. The molecule has 3 aromatic rings. The summed E-state index contributed by atoms with van der Waals surface area (Å²) in [6, 6.07) is 9.21. The quantitative estimate of drug-likeness (QED) is 0.198. The van der Waals surface area contributed by atoms with Gasteiger partial charge in [0.2, 0.25) is 0 Å². The van der Waals surface area contributed by atoms with Gasteiger partial charge < -0.3 is 39.8 Å². The van der Waals surface area contributed by atoms with Gasteiger partial charge in [0.05, 0.1) is 24.0 Å². The predicted molar refractivity (Wildman–Crippen MR) is 154 cm³/mol. The number of halogens is 3. The molecule has 0 aliphatic carbocycles. The number of methoxy groups -OCH3 is 1. The van der Waals surface area contributed by atoms with E-state index >= 15 is 0 Å². The Labute approximate surface area is 250 Å². The van der Waals surface area contributed by atoms with Gasteiger partial charge in [-0.15, -0.1) is 0 Å². The van der Waals surface area contributed by atoms with Gasteiger partial charge in [-0.2, -0.15) is 13.2 Å². The number of aromatic nitrogens is 2. The van der Waals surface area contributed by atoms with Crippen LogP contribution < -0.4 is 16.0 Å². The summed E-state index contributed by atoms with van der Waals surface area (Å²) >= 11 is 0. The van der Waals surface area contributed by atoms with Crippen molar-refractivity contribution in [3.8, 4) is 0 Å². The highest BCUT2D eigenvalue weighted by atomic mass is 19.4. The monoisotopic (exact) mass is 622 g/mol. The number of rotatable bonds is 10. The standard InChI is InChI=1S/C26H32N6O5.C2HF3O2/c1-30(2)12-6-11-27-24(34)21-13-20(16-31(21)3)29-25(35)22-14-19(15-32(22)4)28-23(33)17-7-9-18(10-8-17)26(36)37-5;3-2(4,5)1(6)7/h7-10,13-16H,6,11-12H2,1-5H3,(H,27,34)(H,28,33)(H,29,35);(H,6,7).